The number of methoxy groups -OCH3 is 2. The van der Waals surface area contributed by atoms with Crippen LogP contribution in [0.25, 0.3) is 11.0 Å². The molecule has 7 nitrogen and oxygen atoms in total. The van der Waals surface area contributed by atoms with Crippen molar-refractivity contribution < 1.29 is 18.3 Å². The molecule has 2 heterocycles. The van der Waals surface area contributed by atoms with Crippen molar-refractivity contribution >= 4 is 38.9 Å². The van der Waals surface area contributed by atoms with Crippen molar-refractivity contribution in [2.45, 2.75) is 46.2 Å². The molecule has 2 aromatic heterocycles. The Kier molecular flexibility index (Phi) is 5.74. The third kappa shape index (κ3) is 4.28. The molecule has 0 amide bonds. The van der Waals surface area contributed by atoms with Crippen molar-refractivity contribution in [3.63, 3.8) is 0 Å². The summed E-state index contributed by atoms with van der Waals surface area (Å²) in [6.07, 6.45) is 1.07. The molecule has 10 heteroatoms. The number of hydrogen-bond acceptors (Lipinski definition) is 6. The zero-order valence-corrected chi connectivity index (χ0v) is 21.2. The number of rotatable bonds is 7. The van der Waals surface area contributed by atoms with E-state index < -0.39 is 24.3 Å². The third-order valence-electron chi connectivity index (χ3n) is 5.55. The Balaban J connectivity index is 1.71. The summed E-state index contributed by atoms with van der Waals surface area (Å²) < 4.78 is 40.5. The number of benzene rings is 1. The van der Waals surface area contributed by atoms with Crippen LogP contribution >= 0.6 is 0 Å². The number of hydrogen-bond donors (Lipinski definition) is 1. The summed E-state index contributed by atoms with van der Waals surface area (Å²) in [4.78, 5) is 15.7. The first-order valence-corrected chi connectivity index (χ1v) is 20.2. The number of alkyl halides is 2. The first-order valence-electron chi connectivity index (χ1n) is 10.2. The van der Waals surface area contributed by atoms with E-state index in [2.05, 4.69) is 30.1 Å². The van der Waals surface area contributed by atoms with Crippen molar-refractivity contribution in [1.29, 1.82) is 0 Å². The van der Waals surface area contributed by atoms with Gasteiger partial charge in [0.1, 0.15) is 0 Å². The molecule has 0 radical (unpaired) electrons. The fourth-order valence-corrected chi connectivity index (χ4v) is 7.83. The van der Waals surface area contributed by atoms with E-state index in [9.17, 15) is 8.78 Å². The van der Waals surface area contributed by atoms with Gasteiger partial charge < -0.3 is 0 Å². The van der Waals surface area contributed by atoms with Crippen molar-refractivity contribution in [3.05, 3.63) is 30.1 Å². The average Bonchev–Trinajstić information content (AvgIpc) is 3.10. The van der Waals surface area contributed by atoms with Crippen LogP contribution in [-0.2, 0) is 6.54 Å². The summed E-state index contributed by atoms with van der Waals surface area (Å²) in [5.74, 6) is -0.526. The third-order valence-corrected chi connectivity index (χ3v) is 10.6. The topological polar surface area (TPSA) is 74.1 Å². The van der Waals surface area contributed by atoms with Gasteiger partial charge in [-0.25, -0.2) is 0 Å². The van der Waals surface area contributed by atoms with Gasteiger partial charge in [-0.05, 0) is 0 Å². The Hall–Kier alpha value is -2.17. The van der Waals surface area contributed by atoms with Crippen molar-refractivity contribution in [1.82, 2.24) is 19.7 Å². The van der Waals surface area contributed by atoms with Gasteiger partial charge in [0.2, 0.25) is 0 Å². The molecule has 1 aliphatic rings. The van der Waals surface area contributed by atoms with Gasteiger partial charge in [-0.15, -0.1) is 0 Å². The fraction of sp³-hybridized carbons (Fsp3) is 0.476. The second-order valence-electron chi connectivity index (χ2n) is 8.91. The van der Waals surface area contributed by atoms with E-state index in [0.29, 0.717) is 29.5 Å². The van der Waals surface area contributed by atoms with Gasteiger partial charge in [-0.1, -0.05) is 0 Å². The first kappa shape index (κ1) is 22.0. The van der Waals surface area contributed by atoms with E-state index >= 15 is 0 Å². The average molecular weight is 538 g/mol. The van der Waals surface area contributed by atoms with Crippen LogP contribution in [0.4, 0.5) is 14.6 Å². The minimum atomic E-state index is -2.71. The number of nitrogens with zero attached hydrogens (tertiary/aromatic N) is 4. The molecule has 0 atom stereocenters. The molecule has 1 aromatic carbocycles. The molecule has 3 aromatic rings. The summed E-state index contributed by atoms with van der Waals surface area (Å²) >= 11 is -2.71. The van der Waals surface area contributed by atoms with E-state index in [4.69, 9.17) is 14.6 Å². The van der Waals surface area contributed by atoms with Crippen LogP contribution in [0, 0.1) is 0 Å². The summed E-state index contributed by atoms with van der Waals surface area (Å²) in [5.41, 5.74) is 1.57. The quantitative estimate of drug-likeness (QED) is 0.460. The van der Waals surface area contributed by atoms with Crippen LogP contribution < -0.4 is 18.5 Å². The number of anilines is 1. The van der Waals surface area contributed by atoms with E-state index in [1.54, 1.807) is 18.9 Å². The van der Waals surface area contributed by atoms with Crippen LogP contribution in [0.5, 0.6) is 11.5 Å². The van der Waals surface area contributed by atoms with Crippen LogP contribution in [0.1, 0.15) is 24.4 Å². The van der Waals surface area contributed by atoms with E-state index in [0.717, 1.165) is 14.7 Å². The maximum absolute atomic E-state index is 13.5. The number of fused-ring (bicyclic) bond motifs is 1. The number of halogens is 2. The Morgan fingerprint density at radius 1 is 1.16 bits per heavy atom. The molecular weight excluding hydrogens is 511 g/mol. The van der Waals surface area contributed by atoms with Crippen molar-refractivity contribution in [2.24, 2.45) is 0 Å². The number of aromatic nitrogens is 4. The molecule has 0 bridgehead atoms. The summed E-state index contributed by atoms with van der Waals surface area (Å²) in [7, 11) is 3.23. The second-order valence-corrected chi connectivity index (χ2v) is 23.1. The van der Waals surface area contributed by atoms with Gasteiger partial charge in [-0.3, -0.25) is 0 Å². The van der Waals surface area contributed by atoms with Gasteiger partial charge in [0, 0.05) is 0 Å². The van der Waals surface area contributed by atoms with Gasteiger partial charge in [0.15, 0.2) is 0 Å². The predicted molar refractivity (Wildman–Crippen MR) is 118 cm³/mol. The molecule has 1 aliphatic carbocycles. The molecular formula is C21H27F2N5O2Sn. The molecule has 0 aliphatic heterocycles. The molecule has 4 rings (SSSR count). The van der Waals surface area contributed by atoms with Crippen molar-refractivity contribution in [3.8, 4) is 11.5 Å². The van der Waals surface area contributed by atoms with Gasteiger partial charge in [0.05, 0.1) is 0 Å². The molecule has 1 fully saturated rings. The van der Waals surface area contributed by atoms with Crippen LogP contribution in [0.3, 0.4) is 0 Å². The molecule has 0 spiro atoms. The molecule has 0 saturated heterocycles. The molecule has 0 unspecified atom stereocenters. The monoisotopic (exact) mass is 539 g/mol. The number of ether oxygens (including phenoxy) is 2. The van der Waals surface area contributed by atoms with Crippen LogP contribution in [-0.4, -0.2) is 58.3 Å². The SMILES string of the molecule is COc1ccc(CNc2ncnc3c2[c]([Sn]([CH3])([CH3])[CH3])nn3C2CC(F)(F)C2)c(OC)c1. The van der Waals surface area contributed by atoms with Gasteiger partial charge in [-0.2, -0.15) is 0 Å². The first-order chi connectivity index (χ1) is 14.6. The maximum atomic E-state index is 13.5. The summed E-state index contributed by atoms with van der Waals surface area (Å²) in [6, 6.07) is 5.32. The Labute approximate surface area is 184 Å². The Bertz CT molecular complexity index is 1110. The molecule has 166 valence electrons. The normalized spacial score (nSPS) is 16.2. The predicted octanol–water partition coefficient (Wildman–Crippen LogP) is 3.97. The van der Waals surface area contributed by atoms with E-state index in [1.807, 2.05) is 18.2 Å². The second kappa shape index (κ2) is 8.07. The zero-order valence-electron chi connectivity index (χ0n) is 18.4. The van der Waals surface area contributed by atoms with E-state index in [1.165, 1.54) is 6.33 Å². The Morgan fingerprint density at radius 2 is 1.90 bits per heavy atom. The van der Waals surface area contributed by atoms with Crippen LogP contribution in [0.15, 0.2) is 24.5 Å². The summed E-state index contributed by atoms with van der Waals surface area (Å²) in [6.45, 7) is 0.477. The van der Waals surface area contributed by atoms with Gasteiger partial charge >= 0.3 is 184 Å². The standard InChI is InChI=1S/C18H18F2N5O2.3CH3.Sn/c1-26-13-4-3-11(15(5-13)27-2)8-21-16-14-9-24-25(17(14)23-10-22-16)12-6-18(19,20)7-12;;;;/h3-5,10,12H,6-8H2,1-2H3,(H,21,22,23);3*1H3;. The van der Waals surface area contributed by atoms with Gasteiger partial charge in [0.25, 0.3) is 0 Å². The molecule has 1 N–H and O–H groups in total. The summed E-state index contributed by atoms with van der Waals surface area (Å²) in [5, 5.41) is 9.06. The fourth-order valence-electron chi connectivity index (χ4n) is 3.87. The van der Waals surface area contributed by atoms with Crippen molar-refractivity contribution in [2.75, 3.05) is 19.5 Å². The molecule has 1 saturated carbocycles. The number of nitrogens with one attached hydrogen (secondary N) is 1. The van der Waals surface area contributed by atoms with E-state index in [-0.39, 0.29) is 18.9 Å². The zero-order chi connectivity index (χ0) is 22.4. The van der Waals surface area contributed by atoms with Crippen LogP contribution in [0.2, 0.25) is 14.8 Å². The minimum absolute atomic E-state index is 0.196. The molecule has 31 heavy (non-hydrogen) atoms. The Morgan fingerprint density at radius 3 is 2.52 bits per heavy atom.